The lowest BCUT2D eigenvalue weighted by Gasteiger charge is -2.24. The summed E-state index contributed by atoms with van der Waals surface area (Å²) in [5.41, 5.74) is 0.112. The quantitative estimate of drug-likeness (QED) is 0.537. The third-order valence-electron chi connectivity index (χ3n) is 4.07. The first-order chi connectivity index (χ1) is 13.4. The van der Waals surface area contributed by atoms with Crippen LogP contribution in [0, 0.1) is 0 Å². The summed E-state index contributed by atoms with van der Waals surface area (Å²) in [6, 6.07) is 4.89. The molecular weight excluding hydrogens is 396 g/mol. The molecule has 9 heteroatoms. The van der Waals surface area contributed by atoms with Gasteiger partial charge in [0.05, 0.1) is 25.9 Å². The van der Waals surface area contributed by atoms with Crippen LogP contribution in [0.5, 0.6) is 5.75 Å². The fraction of sp³-hybridized carbons (Fsp3) is 0.550. The molecule has 0 aromatic heterocycles. The number of hydrogen-bond acceptors (Lipinski definition) is 4. The number of amides is 3. The van der Waals surface area contributed by atoms with Gasteiger partial charge >= 0.3 is 0 Å². The van der Waals surface area contributed by atoms with Gasteiger partial charge in [0.2, 0.25) is 5.91 Å². The second kappa shape index (κ2) is 11.0. The minimum Gasteiger partial charge on any atom is -0.495 e. The van der Waals surface area contributed by atoms with Gasteiger partial charge in [-0.15, -0.1) is 0 Å². The van der Waals surface area contributed by atoms with Crippen LogP contribution in [0.4, 0.5) is 5.69 Å². The molecule has 0 spiro atoms. The summed E-state index contributed by atoms with van der Waals surface area (Å²) >= 11 is 5.96. The Hall–Kier alpha value is -2.32. The summed E-state index contributed by atoms with van der Waals surface area (Å²) in [4.78, 5) is 39.1. The van der Waals surface area contributed by atoms with Gasteiger partial charge in [-0.25, -0.2) is 0 Å². The van der Waals surface area contributed by atoms with Gasteiger partial charge in [0, 0.05) is 17.6 Å². The Morgan fingerprint density at radius 1 is 1.17 bits per heavy atom. The number of hydrogen-bond donors (Lipinski definition) is 3. The Labute approximate surface area is 177 Å². The lowest BCUT2D eigenvalue weighted by Crippen LogP contribution is -3.14. The number of rotatable bonds is 9. The summed E-state index contributed by atoms with van der Waals surface area (Å²) in [5.74, 6) is -0.234. The van der Waals surface area contributed by atoms with E-state index in [9.17, 15) is 14.4 Å². The normalized spacial score (nSPS) is 12.1. The number of quaternary nitrogens is 1. The van der Waals surface area contributed by atoms with Crippen LogP contribution in [0.1, 0.15) is 27.7 Å². The van der Waals surface area contributed by atoms with Crippen molar-refractivity contribution in [1.29, 1.82) is 0 Å². The summed E-state index contributed by atoms with van der Waals surface area (Å²) in [6.07, 6.45) is 0. The third-order valence-corrected chi connectivity index (χ3v) is 4.30. The monoisotopic (exact) mass is 427 g/mol. The lowest BCUT2D eigenvalue weighted by atomic mass is 10.1. The van der Waals surface area contributed by atoms with Crippen molar-refractivity contribution in [2.45, 2.75) is 33.2 Å². The minimum atomic E-state index is -0.370. The smallest absolute Gasteiger partial charge is 0.277 e. The molecule has 1 unspecified atom stereocenters. The second-order valence-corrected chi connectivity index (χ2v) is 8.33. The van der Waals surface area contributed by atoms with E-state index in [4.69, 9.17) is 16.3 Å². The molecule has 0 radical (unpaired) electrons. The molecule has 162 valence electrons. The highest BCUT2D eigenvalue weighted by Gasteiger charge is 2.23. The van der Waals surface area contributed by atoms with Gasteiger partial charge in [-0.2, -0.15) is 0 Å². The van der Waals surface area contributed by atoms with Crippen molar-refractivity contribution < 1.29 is 24.0 Å². The number of halogens is 1. The van der Waals surface area contributed by atoms with E-state index in [-0.39, 0.29) is 42.9 Å². The van der Waals surface area contributed by atoms with Crippen molar-refractivity contribution in [2.24, 2.45) is 0 Å². The maximum Gasteiger partial charge on any atom is 0.277 e. The average Bonchev–Trinajstić information content (AvgIpc) is 2.59. The molecule has 3 N–H and O–H groups in total. The van der Waals surface area contributed by atoms with Crippen LogP contribution in [-0.4, -0.2) is 68.5 Å². The number of nitrogens with one attached hydrogen (secondary N) is 3. The van der Waals surface area contributed by atoms with Crippen LogP contribution in [-0.2, 0) is 14.4 Å². The predicted molar refractivity (Wildman–Crippen MR) is 113 cm³/mol. The number of carbonyl (C=O) groups excluding carboxylic acids is 3. The molecule has 0 bridgehead atoms. The Kier molecular flexibility index (Phi) is 9.39. The van der Waals surface area contributed by atoms with E-state index < -0.39 is 0 Å². The van der Waals surface area contributed by atoms with Gasteiger partial charge in [-0.05, 0) is 45.9 Å². The van der Waals surface area contributed by atoms with Gasteiger partial charge in [-0.1, -0.05) is 11.6 Å². The van der Waals surface area contributed by atoms with E-state index in [1.165, 1.54) is 12.0 Å². The highest BCUT2D eigenvalue weighted by Crippen LogP contribution is 2.27. The molecule has 1 rings (SSSR count). The molecule has 0 aliphatic carbocycles. The molecule has 0 heterocycles. The average molecular weight is 428 g/mol. The van der Waals surface area contributed by atoms with E-state index in [1.54, 1.807) is 25.2 Å². The van der Waals surface area contributed by atoms with E-state index in [0.717, 1.165) is 4.90 Å². The second-order valence-electron chi connectivity index (χ2n) is 7.90. The van der Waals surface area contributed by atoms with Gasteiger partial charge < -0.3 is 25.2 Å². The van der Waals surface area contributed by atoms with Crippen molar-refractivity contribution in [3.8, 4) is 5.75 Å². The molecule has 0 saturated heterocycles. The van der Waals surface area contributed by atoms with Crippen molar-refractivity contribution in [3.63, 3.8) is 0 Å². The molecule has 0 fully saturated rings. The maximum atomic E-state index is 12.5. The fourth-order valence-electron chi connectivity index (χ4n) is 2.62. The summed E-state index contributed by atoms with van der Waals surface area (Å²) < 4.78 is 5.20. The first kappa shape index (κ1) is 24.7. The van der Waals surface area contributed by atoms with Gasteiger partial charge in [-0.3, -0.25) is 14.4 Å². The minimum absolute atomic E-state index is 0.115. The largest absolute Gasteiger partial charge is 0.495 e. The standard InChI is InChI=1S/C20H31ClN4O4/c1-7-25(12-18(27)23-20(2,3)4)13-19(28)24(5)11-17(26)22-15-10-14(21)8-9-16(15)29-6/h8-10H,7,11-13H2,1-6H3,(H,22,26)(H,23,27)/p+1. The van der Waals surface area contributed by atoms with E-state index in [0.29, 0.717) is 23.0 Å². The Bertz CT molecular complexity index is 734. The topological polar surface area (TPSA) is 92.2 Å². The first-order valence-corrected chi connectivity index (χ1v) is 9.85. The van der Waals surface area contributed by atoms with Gasteiger partial charge in [0.15, 0.2) is 13.1 Å². The first-order valence-electron chi connectivity index (χ1n) is 9.47. The molecule has 1 aromatic carbocycles. The van der Waals surface area contributed by atoms with Gasteiger partial charge in [0.1, 0.15) is 5.75 Å². The molecule has 29 heavy (non-hydrogen) atoms. The molecule has 0 aliphatic heterocycles. The number of benzene rings is 1. The molecule has 0 aliphatic rings. The van der Waals surface area contributed by atoms with E-state index in [1.807, 2.05) is 27.7 Å². The molecule has 0 saturated carbocycles. The predicted octanol–water partition coefficient (Wildman–Crippen LogP) is 0.565. The van der Waals surface area contributed by atoms with Crippen LogP contribution >= 0.6 is 11.6 Å². The maximum absolute atomic E-state index is 12.5. The van der Waals surface area contributed by atoms with E-state index >= 15 is 0 Å². The fourth-order valence-corrected chi connectivity index (χ4v) is 2.79. The molecular formula is C20H32ClN4O4+. The zero-order valence-corrected chi connectivity index (χ0v) is 18.8. The summed E-state index contributed by atoms with van der Waals surface area (Å²) in [5, 5.41) is 6.05. The van der Waals surface area contributed by atoms with Crippen LogP contribution in [0.25, 0.3) is 0 Å². The summed E-state index contributed by atoms with van der Waals surface area (Å²) in [6.45, 7) is 8.43. The summed E-state index contributed by atoms with van der Waals surface area (Å²) in [7, 11) is 3.05. The van der Waals surface area contributed by atoms with Crippen molar-refractivity contribution in [1.82, 2.24) is 10.2 Å². The van der Waals surface area contributed by atoms with Crippen molar-refractivity contribution in [3.05, 3.63) is 23.2 Å². The Morgan fingerprint density at radius 2 is 1.83 bits per heavy atom. The highest BCUT2D eigenvalue weighted by molar-refractivity contribution is 6.31. The van der Waals surface area contributed by atoms with Crippen LogP contribution in [0.3, 0.4) is 0 Å². The number of likely N-dealkylation sites (N-methyl/N-ethyl adjacent to an activating group) is 2. The van der Waals surface area contributed by atoms with Gasteiger partial charge in [0.25, 0.3) is 11.8 Å². The van der Waals surface area contributed by atoms with Crippen LogP contribution in [0.15, 0.2) is 18.2 Å². The van der Waals surface area contributed by atoms with E-state index in [2.05, 4.69) is 10.6 Å². The highest BCUT2D eigenvalue weighted by atomic mass is 35.5. The van der Waals surface area contributed by atoms with Crippen molar-refractivity contribution >= 4 is 35.0 Å². The number of anilines is 1. The Balaban J connectivity index is 2.61. The number of methoxy groups -OCH3 is 1. The Morgan fingerprint density at radius 3 is 2.38 bits per heavy atom. The molecule has 3 amide bonds. The van der Waals surface area contributed by atoms with Crippen LogP contribution in [0.2, 0.25) is 5.02 Å². The third kappa shape index (κ3) is 9.15. The number of ether oxygens (including phenoxy) is 1. The zero-order valence-electron chi connectivity index (χ0n) is 18.0. The van der Waals surface area contributed by atoms with Crippen LogP contribution < -0.4 is 20.3 Å². The molecule has 8 nitrogen and oxygen atoms in total. The zero-order chi connectivity index (χ0) is 22.2. The number of nitrogens with zero attached hydrogens (tertiary/aromatic N) is 1. The van der Waals surface area contributed by atoms with Crippen molar-refractivity contribution in [2.75, 3.05) is 45.7 Å². The molecule has 1 atom stereocenters. The molecule has 1 aromatic rings. The number of carbonyl (C=O) groups is 3. The lowest BCUT2D eigenvalue weighted by molar-refractivity contribution is -0.882. The SMILES string of the molecule is CC[NH+](CC(=O)NC(C)(C)C)CC(=O)N(C)CC(=O)Nc1cc(Cl)ccc1OC.